The van der Waals surface area contributed by atoms with Gasteiger partial charge in [0, 0.05) is 18.4 Å². The summed E-state index contributed by atoms with van der Waals surface area (Å²) in [6.45, 7) is 9.48. The van der Waals surface area contributed by atoms with Crippen LogP contribution in [0.2, 0.25) is 0 Å². The first-order valence-electron chi connectivity index (χ1n) is 7.40. The molecular weight excluding hydrogens is 248 g/mol. The van der Waals surface area contributed by atoms with Gasteiger partial charge in [0.1, 0.15) is 5.52 Å². The molecule has 0 unspecified atom stereocenters. The number of aromatic nitrogens is 3. The number of nitrogens with zero attached hydrogens (tertiary/aromatic N) is 3. The van der Waals surface area contributed by atoms with Gasteiger partial charge in [0.25, 0.3) is 0 Å². The van der Waals surface area contributed by atoms with Crippen LogP contribution in [0.4, 0.5) is 5.82 Å². The van der Waals surface area contributed by atoms with Gasteiger partial charge in [-0.05, 0) is 36.2 Å². The largest absolute Gasteiger partial charge is 0.366 e. The lowest BCUT2D eigenvalue weighted by atomic mass is 9.63. The topological polar surface area (TPSA) is 42.2 Å². The van der Waals surface area contributed by atoms with Crippen molar-refractivity contribution in [2.45, 2.75) is 53.0 Å². The summed E-state index contributed by atoms with van der Waals surface area (Å²) >= 11 is 0. The van der Waals surface area contributed by atoms with Gasteiger partial charge in [-0.3, -0.25) is 0 Å². The third-order valence-electron chi connectivity index (χ3n) is 4.22. The van der Waals surface area contributed by atoms with E-state index in [-0.39, 0.29) is 0 Å². The highest BCUT2D eigenvalue weighted by Crippen LogP contribution is 2.46. The fourth-order valence-electron chi connectivity index (χ4n) is 4.11. The van der Waals surface area contributed by atoms with E-state index in [4.69, 9.17) is 0 Å². The van der Waals surface area contributed by atoms with Crippen molar-refractivity contribution >= 4 is 11.3 Å². The molecule has 1 aliphatic carbocycles. The van der Waals surface area contributed by atoms with Gasteiger partial charge >= 0.3 is 0 Å². The predicted octanol–water partition coefficient (Wildman–Crippen LogP) is 3.75. The van der Waals surface area contributed by atoms with Crippen molar-refractivity contribution in [3.8, 4) is 0 Å². The molecule has 0 radical (unpaired) electrons. The van der Waals surface area contributed by atoms with Crippen molar-refractivity contribution in [1.29, 1.82) is 0 Å². The summed E-state index contributed by atoms with van der Waals surface area (Å²) < 4.78 is 1.87. The molecule has 0 spiro atoms. The van der Waals surface area contributed by atoms with Crippen LogP contribution < -0.4 is 5.32 Å². The van der Waals surface area contributed by atoms with Crippen molar-refractivity contribution in [1.82, 2.24) is 14.6 Å². The molecule has 0 atom stereocenters. The Labute approximate surface area is 120 Å². The van der Waals surface area contributed by atoms with Crippen molar-refractivity contribution < 1.29 is 0 Å². The number of hydrogen-bond acceptors (Lipinski definition) is 3. The Kier molecular flexibility index (Phi) is 3.00. The molecule has 2 aromatic heterocycles. The van der Waals surface area contributed by atoms with E-state index in [1.54, 1.807) is 6.20 Å². The Morgan fingerprint density at radius 3 is 2.55 bits per heavy atom. The second-order valence-electron chi connectivity index (χ2n) is 7.69. The molecule has 0 saturated heterocycles. The molecule has 3 rings (SSSR count). The SMILES string of the molecule is CC1(C)CC(Nc2nccn3nccc23)CC(C)(C)C1. The highest BCUT2D eigenvalue weighted by atomic mass is 15.2. The van der Waals surface area contributed by atoms with Gasteiger partial charge in [0.2, 0.25) is 0 Å². The standard InChI is InChI=1S/C16H24N4/c1-15(2)9-12(10-16(3,4)11-15)19-14-13-5-6-18-20(13)8-7-17-14/h5-8,12H,9-11H2,1-4H3,(H,17,19). The van der Waals surface area contributed by atoms with Crippen molar-refractivity contribution in [2.75, 3.05) is 5.32 Å². The van der Waals surface area contributed by atoms with Crippen LogP contribution in [0.3, 0.4) is 0 Å². The highest BCUT2D eigenvalue weighted by molar-refractivity contribution is 5.67. The Bertz CT molecular complexity index is 596. The number of rotatable bonds is 2. The zero-order valence-corrected chi connectivity index (χ0v) is 12.8. The second kappa shape index (κ2) is 4.47. The summed E-state index contributed by atoms with van der Waals surface area (Å²) in [7, 11) is 0. The van der Waals surface area contributed by atoms with Gasteiger partial charge in [-0.1, -0.05) is 27.7 Å². The van der Waals surface area contributed by atoms with E-state index in [2.05, 4.69) is 43.1 Å². The van der Waals surface area contributed by atoms with Crippen LogP contribution in [-0.2, 0) is 0 Å². The Morgan fingerprint density at radius 2 is 1.85 bits per heavy atom. The summed E-state index contributed by atoms with van der Waals surface area (Å²) in [5.41, 5.74) is 1.81. The van der Waals surface area contributed by atoms with Crippen LogP contribution in [0.15, 0.2) is 24.7 Å². The van der Waals surface area contributed by atoms with Crippen LogP contribution in [0, 0.1) is 10.8 Å². The molecule has 4 nitrogen and oxygen atoms in total. The van der Waals surface area contributed by atoms with Crippen molar-refractivity contribution in [3.05, 3.63) is 24.7 Å². The molecule has 1 aliphatic rings. The first kappa shape index (κ1) is 13.4. The summed E-state index contributed by atoms with van der Waals surface area (Å²) in [5.74, 6) is 0.948. The van der Waals surface area contributed by atoms with E-state index in [0.717, 1.165) is 11.3 Å². The summed E-state index contributed by atoms with van der Waals surface area (Å²) in [4.78, 5) is 4.50. The fraction of sp³-hybridized carbons (Fsp3) is 0.625. The minimum atomic E-state index is 0.380. The molecule has 2 heterocycles. The zero-order chi connectivity index (χ0) is 14.4. The number of nitrogens with one attached hydrogen (secondary N) is 1. The lowest BCUT2D eigenvalue weighted by molar-refractivity contribution is 0.105. The van der Waals surface area contributed by atoms with E-state index < -0.39 is 0 Å². The lowest BCUT2D eigenvalue weighted by Crippen LogP contribution is -2.40. The molecule has 0 aromatic carbocycles. The Hall–Kier alpha value is -1.58. The minimum Gasteiger partial charge on any atom is -0.366 e. The smallest absolute Gasteiger partial charge is 0.152 e. The van der Waals surface area contributed by atoms with Gasteiger partial charge in [0.05, 0.1) is 6.20 Å². The summed E-state index contributed by atoms with van der Waals surface area (Å²) in [6, 6.07) is 2.48. The van der Waals surface area contributed by atoms with E-state index in [9.17, 15) is 0 Å². The third kappa shape index (κ3) is 2.65. The van der Waals surface area contributed by atoms with Gasteiger partial charge in [-0.2, -0.15) is 5.10 Å². The quantitative estimate of drug-likeness (QED) is 0.905. The maximum atomic E-state index is 4.50. The van der Waals surface area contributed by atoms with Crippen LogP contribution >= 0.6 is 0 Å². The lowest BCUT2D eigenvalue weighted by Gasteiger charge is -2.45. The van der Waals surface area contributed by atoms with E-state index in [0.29, 0.717) is 16.9 Å². The molecule has 20 heavy (non-hydrogen) atoms. The first-order valence-corrected chi connectivity index (χ1v) is 7.40. The van der Waals surface area contributed by atoms with Crippen LogP contribution in [0.5, 0.6) is 0 Å². The minimum absolute atomic E-state index is 0.380. The Morgan fingerprint density at radius 1 is 1.15 bits per heavy atom. The summed E-state index contributed by atoms with van der Waals surface area (Å²) in [6.07, 6.45) is 9.16. The van der Waals surface area contributed by atoms with Crippen LogP contribution in [0.25, 0.3) is 5.52 Å². The molecule has 108 valence electrons. The van der Waals surface area contributed by atoms with E-state index >= 15 is 0 Å². The number of fused-ring (bicyclic) bond motifs is 1. The molecular formula is C16H24N4. The number of hydrogen-bond donors (Lipinski definition) is 1. The van der Waals surface area contributed by atoms with Crippen LogP contribution in [-0.4, -0.2) is 20.6 Å². The average molecular weight is 272 g/mol. The van der Waals surface area contributed by atoms with Gasteiger partial charge in [-0.25, -0.2) is 9.50 Å². The maximum absolute atomic E-state index is 4.50. The molecule has 4 heteroatoms. The predicted molar refractivity (Wildman–Crippen MR) is 81.8 cm³/mol. The normalized spacial score (nSPS) is 22.0. The van der Waals surface area contributed by atoms with Crippen LogP contribution in [0.1, 0.15) is 47.0 Å². The highest BCUT2D eigenvalue weighted by Gasteiger charge is 2.38. The molecule has 0 aliphatic heterocycles. The monoisotopic (exact) mass is 272 g/mol. The number of anilines is 1. The van der Waals surface area contributed by atoms with E-state index in [1.165, 1.54) is 19.3 Å². The van der Waals surface area contributed by atoms with Gasteiger partial charge in [0.15, 0.2) is 5.82 Å². The maximum Gasteiger partial charge on any atom is 0.152 e. The molecule has 1 N–H and O–H groups in total. The molecule has 1 saturated carbocycles. The van der Waals surface area contributed by atoms with Crippen molar-refractivity contribution in [2.24, 2.45) is 10.8 Å². The molecule has 1 fully saturated rings. The Balaban J connectivity index is 1.85. The van der Waals surface area contributed by atoms with Gasteiger partial charge in [-0.15, -0.1) is 0 Å². The van der Waals surface area contributed by atoms with Crippen molar-refractivity contribution in [3.63, 3.8) is 0 Å². The van der Waals surface area contributed by atoms with E-state index in [1.807, 2.05) is 23.0 Å². The van der Waals surface area contributed by atoms with Gasteiger partial charge < -0.3 is 5.32 Å². The first-order chi connectivity index (χ1) is 9.35. The fourth-order valence-corrected chi connectivity index (χ4v) is 4.11. The molecule has 0 amide bonds. The zero-order valence-electron chi connectivity index (χ0n) is 12.8. The molecule has 0 bridgehead atoms. The summed E-state index contributed by atoms with van der Waals surface area (Å²) in [5, 5.41) is 7.92. The molecule has 2 aromatic rings. The third-order valence-corrected chi connectivity index (χ3v) is 4.22. The second-order valence-corrected chi connectivity index (χ2v) is 7.69. The average Bonchev–Trinajstić information content (AvgIpc) is 2.73.